The van der Waals surface area contributed by atoms with Crippen molar-refractivity contribution in [2.45, 2.75) is 32.3 Å². The lowest BCUT2D eigenvalue weighted by Crippen LogP contribution is -2.43. The highest BCUT2D eigenvalue weighted by Gasteiger charge is 2.36. The molecule has 1 aliphatic heterocycles. The van der Waals surface area contributed by atoms with Gasteiger partial charge in [0.25, 0.3) is 0 Å². The number of rotatable bonds is 2. The van der Waals surface area contributed by atoms with Crippen molar-refractivity contribution in [2.24, 2.45) is 0 Å². The Kier molecular flexibility index (Phi) is 3.35. The second-order valence-electron chi connectivity index (χ2n) is 4.85. The molecule has 94 valence electrons. The van der Waals surface area contributed by atoms with Crippen molar-refractivity contribution in [3.63, 3.8) is 0 Å². The van der Waals surface area contributed by atoms with Gasteiger partial charge in [0, 0.05) is 24.8 Å². The number of piperidine rings is 1. The highest BCUT2D eigenvalue weighted by atomic mass is 16.3. The Bertz CT molecular complexity index is 377. The van der Waals surface area contributed by atoms with Gasteiger partial charge in [-0.15, -0.1) is 0 Å². The first-order valence-corrected chi connectivity index (χ1v) is 6.23. The molecule has 0 bridgehead atoms. The highest BCUT2D eigenvalue weighted by Crippen LogP contribution is 2.36. The van der Waals surface area contributed by atoms with E-state index in [1.807, 2.05) is 13.0 Å². The van der Waals surface area contributed by atoms with Crippen LogP contribution in [-0.2, 0) is 5.60 Å². The maximum Gasteiger partial charge on any atom is 0.129 e. The Hall–Kier alpha value is -1.13. The van der Waals surface area contributed by atoms with Gasteiger partial charge in [-0.1, -0.05) is 6.92 Å². The largest absolute Gasteiger partial charge is 0.385 e. The molecule has 0 aromatic carbocycles. The predicted octanol–water partition coefficient (Wildman–Crippen LogP) is 1.28. The lowest BCUT2D eigenvalue weighted by molar-refractivity contribution is -0.0247. The average molecular weight is 235 g/mol. The number of nitrogens with zero attached hydrogens (tertiary/aromatic N) is 2. The van der Waals surface area contributed by atoms with E-state index in [0.29, 0.717) is 5.82 Å². The summed E-state index contributed by atoms with van der Waals surface area (Å²) in [5.74, 6) is 0.470. The van der Waals surface area contributed by atoms with Gasteiger partial charge in [-0.2, -0.15) is 0 Å². The third-order valence-electron chi connectivity index (χ3n) is 3.78. The molecule has 1 aromatic heterocycles. The Labute approximate surface area is 102 Å². The Morgan fingerprint density at radius 2 is 2.12 bits per heavy atom. The molecule has 4 nitrogen and oxygen atoms in total. The third-order valence-corrected chi connectivity index (χ3v) is 3.78. The second kappa shape index (κ2) is 4.63. The fraction of sp³-hybridized carbons (Fsp3) is 0.615. The normalized spacial score (nSPS) is 20.4. The van der Waals surface area contributed by atoms with Crippen LogP contribution < -0.4 is 5.73 Å². The van der Waals surface area contributed by atoms with Crippen LogP contribution in [0.1, 0.15) is 30.9 Å². The van der Waals surface area contributed by atoms with Crippen LogP contribution in [0.4, 0.5) is 5.82 Å². The summed E-state index contributed by atoms with van der Waals surface area (Å²) in [6.07, 6.45) is 3.16. The van der Waals surface area contributed by atoms with Gasteiger partial charge in [0.15, 0.2) is 0 Å². The van der Waals surface area contributed by atoms with E-state index in [2.05, 4.69) is 16.8 Å². The molecule has 1 aromatic rings. The maximum absolute atomic E-state index is 10.8. The van der Waals surface area contributed by atoms with Crippen molar-refractivity contribution in [1.29, 1.82) is 0 Å². The van der Waals surface area contributed by atoms with Gasteiger partial charge in [0.1, 0.15) is 5.82 Å². The topological polar surface area (TPSA) is 62.4 Å². The first-order chi connectivity index (χ1) is 8.07. The van der Waals surface area contributed by atoms with E-state index >= 15 is 0 Å². The van der Waals surface area contributed by atoms with E-state index in [1.54, 1.807) is 6.20 Å². The molecular weight excluding hydrogens is 214 g/mol. The van der Waals surface area contributed by atoms with E-state index in [0.717, 1.165) is 43.6 Å². The fourth-order valence-corrected chi connectivity index (χ4v) is 2.67. The van der Waals surface area contributed by atoms with Crippen molar-refractivity contribution in [3.05, 3.63) is 23.4 Å². The van der Waals surface area contributed by atoms with E-state index < -0.39 is 5.60 Å². The van der Waals surface area contributed by atoms with Crippen LogP contribution in [0.3, 0.4) is 0 Å². The number of anilines is 1. The molecule has 2 rings (SSSR count). The van der Waals surface area contributed by atoms with Crippen molar-refractivity contribution >= 4 is 5.82 Å². The SMILES string of the molecule is CCN1CCC(O)(c2c(C)ccnc2N)CC1. The molecule has 0 aliphatic carbocycles. The molecule has 1 saturated heterocycles. The zero-order valence-electron chi connectivity index (χ0n) is 10.6. The molecule has 0 spiro atoms. The quantitative estimate of drug-likeness (QED) is 0.810. The highest BCUT2D eigenvalue weighted by molar-refractivity contribution is 5.48. The summed E-state index contributed by atoms with van der Waals surface area (Å²) in [5, 5.41) is 10.8. The van der Waals surface area contributed by atoms with Crippen LogP contribution >= 0.6 is 0 Å². The van der Waals surface area contributed by atoms with Gasteiger partial charge in [-0.25, -0.2) is 4.98 Å². The zero-order chi connectivity index (χ0) is 12.5. The Balaban J connectivity index is 2.27. The summed E-state index contributed by atoms with van der Waals surface area (Å²) in [7, 11) is 0. The fourth-order valence-electron chi connectivity index (χ4n) is 2.67. The van der Waals surface area contributed by atoms with E-state index in [1.165, 1.54) is 0 Å². The Morgan fingerprint density at radius 3 is 2.65 bits per heavy atom. The molecule has 0 radical (unpaired) electrons. The van der Waals surface area contributed by atoms with Crippen LogP contribution in [0.2, 0.25) is 0 Å². The first kappa shape index (κ1) is 12.3. The minimum atomic E-state index is -0.798. The molecular formula is C13H21N3O. The maximum atomic E-state index is 10.8. The van der Waals surface area contributed by atoms with Crippen LogP contribution in [-0.4, -0.2) is 34.6 Å². The number of hydrogen-bond acceptors (Lipinski definition) is 4. The Morgan fingerprint density at radius 1 is 1.47 bits per heavy atom. The average Bonchev–Trinajstić information content (AvgIpc) is 2.29. The summed E-state index contributed by atoms with van der Waals surface area (Å²) >= 11 is 0. The van der Waals surface area contributed by atoms with Crippen molar-refractivity contribution < 1.29 is 5.11 Å². The van der Waals surface area contributed by atoms with Gasteiger partial charge in [-0.3, -0.25) is 0 Å². The van der Waals surface area contributed by atoms with Crippen LogP contribution in [0.15, 0.2) is 12.3 Å². The molecule has 1 aliphatic rings. The van der Waals surface area contributed by atoms with Crippen molar-refractivity contribution in [2.75, 3.05) is 25.4 Å². The summed E-state index contributed by atoms with van der Waals surface area (Å²) in [4.78, 5) is 6.45. The third kappa shape index (κ3) is 2.28. The molecule has 2 heterocycles. The molecule has 0 saturated carbocycles. The van der Waals surface area contributed by atoms with E-state index in [4.69, 9.17) is 5.73 Å². The number of aliphatic hydroxyl groups is 1. The second-order valence-corrected chi connectivity index (χ2v) is 4.85. The monoisotopic (exact) mass is 235 g/mol. The van der Waals surface area contributed by atoms with Gasteiger partial charge < -0.3 is 15.7 Å². The molecule has 0 unspecified atom stereocenters. The summed E-state index contributed by atoms with van der Waals surface area (Å²) in [6, 6.07) is 1.91. The summed E-state index contributed by atoms with van der Waals surface area (Å²) in [5.41, 5.74) is 6.98. The minimum Gasteiger partial charge on any atom is -0.385 e. The lowest BCUT2D eigenvalue weighted by Gasteiger charge is -2.39. The molecule has 1 fully saturated rings. The number of nitrogens with two attached hydrogens (primary N) is 1. The number of aromatic nitrogens is 1. The summed E-state index contributed by atoms with van der Waals surface area (Å²) < 4.78 is 0. The van der Waals surface area contributed by atoms with Gasteiger partial charge in [0.2, 0.25) is 0 Å². The van der Waals surface area contributed by atoms with Gasteiger partial charge in [0.05, 0.1) is 5.60 Å². The van der Waals surface area contributed by atoms with E-state index in [9.17, 15) is 5.11 Å². The number of aryl methyl sites for hydroxylation is 1. The lowest BCUT2D eigenvalue weighted by atomic mass is 9.82. The van der Waals surface area contributed by atoms with Gasteiger partial charge in [-0.05, 0) is 37.9 Å². The van der Waals surface area contributed by atoms with Crippen molar-refractivity contribution in [3.8, 4) is 0 Å². The number of pyridine rings is 1. The predicted molar refractivity (Wildman–Crippen MR) is 68.6 cm³/mol. The van der Waals surface area contributed by atoms with Crippen LogP contribution in [0.5, 0.6) is 0 Å². The molecule has 17 heavy (non-hydrogen) atoms. The van der Waals surface area contributed by atoms with Crippen LogP contribution in [0, 0.1) is 6.92 Å². The van der Waals surface area contributed by atoms with Gasteiger partial charge >= 0.3 is 0 Å². The van der Waals surface area contributed by atoms with Crippen LogP contribution in [0.25, 0.3) is 0 Å². The molecule has 0 atom stereocenters. The van der Waals surface area contributed by atoms with E-state index in [-0.39, 0.29) is 0 Å². The number of likely N-dealkylation sites (tertiary alicyclic amines) is 1. The summed E-state index contributed by atoms with van der Waals surface area (Å²) in [6.45, 7) is 7.00. The first-order valence-electron chi connectivity index (χ1n) is 6.23. The molecule has 4 heteroatoms. The number of hydrogen-bond donors (Lipinski definition) is 2. The molecule has 3 N–H and O–H groups in total. The molecule has 0 amide bonds. The smallest absolute Gasteiger partial charge is 0.129 e. The standard InChI is InChI=1S/C13H21N3O/c1-3-16-8-5-13(17,6-9-16)11-10(2)4-7-15-12(11)14/h4,7,17H,3,5-6,8-9H2,1-2H3,(H2,14,15). The zero-order valence-corrected chi connectivity index (χ0v) is 10.6. The minimum absolute atomic E-state index is 0.470. The van der Waals surface area contributed by atoms with Crippen molar-refractivity contribution in [1.82, 2.24) is 9.88 Å². The number of nitrogen functional groups attached to an aromatic ring is 1.